The highest BCUT2D eigenvalue weighted by molar-refractivity contribution is 7.90. The van der Waals surface area contributed by atoms with Gasteiger partial charge in [0.2, 0.25) is 5.88 Å². The second-order valence-corrected chi connectivity index (χ2v) is 11.9. The number of nitrogens with zero attached hydrogens (tertiary/aromatic N) is 2. The fraction of sp³-hybridized carbons (Fsp3) is 0.258. The molecule has 0 spiro atoms. The van der Waals surface area contributed by atoms with Crippen molar-refractivity contribution in [3.63, 3.8) is 0 Å². The molecule has 4 aromatic rings. The minimum Gasteiger partial charge on any atom is -0.493 e. The maximum atomic E-state index is 15.0. The molecule has 0 bridgehead atoms. The first kappa shape index (κ1) is 29.7. The van der Waals surface area contributed by atoms with E-state index in [0.29, 0.717) is 23.8 Å². The molecule has 0 aliphatic carbocycles. The molecule has 2 heterocycles. The van der Waals surface area contributed by atoms with Gasteiger partial charge in [-0.05, 0) is 87.2 Å². The number of aromatic nitrogens is 2. The Hall–Kier alpha value is -4.31. The van der Waals surface area contributed by atoms with Crippen LogP contribution in [0.15, 0.2) is 65.7 Å². The molecule has 1 amide bonds. The first-order valence-electron chi connectivity index (χ1n) is 13.0. The summed E-state index contributed by atoms with van der Waals surface area (Å²) in [5, 5.41) is -0.302. The van der Waals surface area contributed by atoms with Crippen LogP contribution >= 0.6 is 0 Å². The Morgan fingerprint density at radius 3 is 2.32 bits per heavy atom. The smallest absolute Gasteiger partial charge is 0.281 e. The molecule has 2 aromatic heterocycles. The summed E-state index contributed by atoms with van der Waals surface area (Å²) in [5.41, 5.74) is 3.22. The fourth-order valence-corrected chi connectivity index (χ4v) is 5.20. The zero-order valence-corrected chi connectivity index (χ0v) is 24.6. The van der Waals surface area contributed by atoms with Crippen LogP contribution < -0.4 is 14.2 Å². The Labute approximate surface area is 239 Å². The van der Waals surface area contributed by atoms with E-state index in [9.17, 15) is 17.6 Å². The number of pyridine rings is 2. The van der Waals surface area contributed by atoms with Crippen LogP contribution in [0.4, 0.5) is 4.39 Å². The molecule has 1 N–H and O–H groups in total. The van der Waals surface area contributed by atoms with Gasteiger partial charge in [-0.25, -0.2) is 19.1 Å². The Kier molecular flexibility index (Phi) is 8.72. The highest BCUT2D eigenvalue weighted by Crippen LogP contribution is 2.34. The van der Waals surface area contributed by atoms with E-state index in [1.807, 2.05) is 51.5 Å². The molecule has 0 fully saturated rings. The van der Waals surface area contributed by atoms with Gasteiger partial charge in [0, 0.05) is 11.3 Å². The number of halogens is 1. The molecule has 214 valence electrons. The minimum atomic E-state index is -4.30. The third-order valence-electron chi connectivity index (χ3n) is 6.07. The summed E-state index contributed by atoms with van der Waals surface area (Å²) in [6.45, 7) is 11.7. The van der Waals surface area contributed by atoms with Gasteiger partial charge in [0.15, 0.2) is 5.03 Å². The maximum absolute atomic E-state index is 15.0. The normalized spacial score (nSPS) is 11.4. The van der Waals surface area contributed by atoms with Crippen molar-refractivity contribution < 1.29 is 27.1 Å². The Morgan fingerprint density at radius 1 is 0.951 bits per heavy atom. The van der Waals surface area contributed by atoms with Gasteiger partial charge in [-0.2, -0.15) is 8.42 Å². The zero-order chi connectivity index (χ0) is 29.9. The van der Waals surface area contributed by atoms with E-state index in [-0.39, 0.29) is 33.6 Å². The zero-order valence-electron chi connectivity index (χ0n) is 23.8. The fourth-order valence-electron chi connectivity index (χ4n) is 4.22. The van der Waals surface area contributed by atoms with E-state index in [0.717, 1.165) is 16.7 Å². The number of ether oxygens (including phenoxy) is 2. The standard InChI is InChI=1S/C31H32FN3O5S/c1-18(2)17-39-23-10-12-26(32)25(16-23)27-13-11-24(30(36)35-41(37,38)28-9-7-8-22(6)33-28)31(34-27)40-29-20(4)14-19(3)15-21(29)5/h7-16,18H,17H2,1-6H3,(H,35,36). The van der Waals surface area contributed by atoms with E-state index in [4.69, 9.17) is 9.47 Å². The lowest BCUT2D eigenvalue weighted by atomic mass is 10.1. The van der Waals surface area contributed by atoms with Gasteiger partial charge in [0.05, 0.1) is 12.3 Å². The third kappa shape index (κ3) is 7.07. The number of carbonyl (C=O) groups is 1. The van der Waals surface area contributed by atoms with Crippen molar-refractivity contribution in [2.45, 2.75) is 46.6 Å². The summed E-state index contributed by atoms with van der Waals surface area (Å²) in [5.74, 6) is -0.523. The van der Waals surface area contributed by atoms with Crippen LogP contribution in [-0.4, -0.2) is 30.9 Å². The molecular weight excluding hydrogens is 545 g/mol. The molecule has 2 aromatic carbocycles. The lowest BCUT2D eigenvalue weighted by Gasteiger charge is -2.16. The Balaban J connectivity index is 1.79. The molecule has 0 saturated heterocycles. The minimum absolute atomic E-state index is 0.136. The molecule has 0 saturated carbocycles. The molecule has 0 radical (unpaired) electrons. The number of hydrogen-bond donors (Lipinski definition) is 1. The summed E-state index contributed by atoms with van der Waals surface area (Å²) >= 11 is 0. The molecule has 0 aliphatic heterocycles. The van der Waals surface area contributed by atoms with Crippen molar-refractivity contribution in [2.24, 2.45) is 5.92 Å². The summed E-state index contributed by atoms with van der Waals surface area (Å²) in [4.78, 5) is 21.8. The third-order valence-corrected chi connectivity index (χ3v) is 7.30. The SMILES string of the molecule is Cc1cc(C)c(Oc2nc(-c3cc(OCC(C)C)ccc3F)ccc2C(=O)NS(=O)(=O)c2cccc(C)n2)c(C)c1. The predicted molar refractivity (Wildman–Crippen MR) is 154 cm³/mol. The van der Waals surface area contributed by atoms with E-state index in [1.165, 1.54) is 42.5 Å². The van der Waals surface area contributed by atoms with Gasteiger partial charge < -0.3 is 9.47 Å². The largest absolute Gasteiger partial charge is 0.493 e. The number of sulfonamides is 1. The number of rotatable bonds is 9. The van der Waals surface area contributed by atoms with Gasteiger partial charge in [0.1, 0.15) is 22.9 Å². The van der Waals surface area contributed by atoms with Crippen molar-refractivity contribution in [1.82, 2.24) is 14.7 Å². The van der Waals surface area contributed by atoms with Crippen LogP contribution in [0.1, 0.15) is 46.6 Å². The number of benzene rings is 2. The molecule has 0 aliphatic rings. The van der Waals surface area contributed by atoms with Gasteiger partial charge >= 0.3 is 0 Å². The van der Waals surface area contributed by atoms with Crippen molar-refractivity contribution in [2.75, 3.05) is 6.61 Å². The molecule has 0 unspecified atom stereocenters. The highest BCUT2D eigenvalue weighted by atomic mass is 32.2. The topological polar surface area (TPSA) is 107 Å². The van der Waals surface area contributed by atoms with E-state index >= 15 is 0 Å². The van der Waals surface area contributed by atoms with Gasteiger partial charge in [-0.3, -0.25) is 4.79 Å². The van der Waals surface area contributed by atoms with Crippen LogP contribution in [0.25, 0.3) is 11.3 Å². The Morgan fingerprint density at radius 2 is 1.66 bits per heavy atom. The van der Waals surface area contributed by atoms with Crippen molar-refractivity contribution in [1.29, 1.82) is 0 Å². The van der Waals surface area contributed by atoms with Crippen LogP contribution in [0.5, 0.6) is 17.4 Å². The summed E-state index contributed by atoms with van der Waals surface area (Å²) in [6.07, 6.45) is 0. The molecule has 10 heteroatoms. The van der Waals surface area contributed by atoms with Crippen LogP contribution in [0, 0.1) is 39.4 Å². The molecule has 41 heavy (non-hydrogen) atoms. The second-order valence-electron chi connectivity index (χ2n) is 10.3. The average Bonchev–Trinajstić information content (AvgIpc) is 2.89. The van der Waals surface area contributed by atoms with Crippen molar-refractivity contribution in [3.05, 3.63) is 94.4 Å². The lowest BCUT2D eigenvalue weighted by molar-refractivity contribution is 0.0978. The van der Waals surface area contributed by atoms with Crippen LogP contribution in [0.2, 0.25) is 0 Å². The monoisotopic (exact) mass is 577 g/mol. The lowest BCUT2D eigenvalue weighted by Crippen LogP contribution is -2.31. The molecule has 8 nitrogen and oxygen atoms in total. The molecule has 4 rings (SSSR count). The van der Waals surface area contributed by atoms with Gasteiger partial charge in [-0.15, -0.1) is 0 Å². The van der Waals surface area contributed by atoms with E-state index in [2.05, 4.69) is 9.97 Å². The van der Waals surface area contributed by atoms with Gasteiger partial charge in [0.25, 0.3) is 15.9 Å². The molecule has 0 atom stereocenters. The van der Waals surface area contributed by atoms with Crippen LogP contribution in [-0.2, 0) is 10.0 Å². The van der Waals surface area contributed by atoms with E-state index in [1.54, 1.807) is 13.0 Å². The number of aryl methyl sites for hydroxylation is 4. The quantitative estimate of drug-likeness (QED) is 0.243. The Bertz CT molecular complexity index is 1700. The van der Waals surface area contributed by atoms with Crippen molar-refractivity contribution >= 4 is 15.9 Å². The second kappa shape index (κ2) is 12.1. The summed E-state index contributed by atoms with van der Waals surface area (Å²) in [7, 11) is -4.30. The van der Waals surface area contributed by atoms with Crippen LogP contribution in [0.3, 0.4) is 0 Å². The maximum Gasteiger partial charge on any atom is 0.281 e. The predicted octanol–water partition coefficient (Wildman–Crippen LogP) is 6.46. The number of carbonyl (C=O) groups excluding carboxylic acids is 1. The summed E-state index contributed by atoms with van der Waals surface area (Å²) in [6, 6.07) is 15.4. The first-order chi connectivity index (χ1) is 19.3. The average molecular weight is 578 g/mol. The first-order valence-corrected chi connectivity index (χ1v) is 14.5. The highest BCUT2D eigenvalue weighted by Gasteiger charge is 2.25. The number of amides is 1. The number of nitrogens with one attached hydrogen (secondary N) is 1. The summed E-state index contributed by atoms with van der Waals surface area (Å²) < 4.78 is 54.8. The van der Waals surface area contributed by atoms with Gasteiger partial charge in [-0.1, -0.05) is 37.6 Å². The van der Waals surface area contributed by atoms with E-state index < -0.39 is 21.7 Å². The molecular formula is C31H32FN3O5S. The number of hydrogen-bond acceptors (Lipinski definition) is 7. The van der Waals surface area contributed by atoms with Crippen molar-refractivity contribution in [3.8, 4) is 28.6 Å².